The molecule has 0 fully saturated rings. The Labute approximate surface area is 249 Å². The molecule has 0 nitrogen and oxygen atoms in total. The molecule has 0 aromatic heterocycles. The molecule has 1 unspecified atom stereocenters. The quantitative estimate of drug-likeness (QED) is 0.148. The van der Waals surface area contributed by atoms with E-state index in [2.05, 4.69) is 105 Å². The van der Waals surface area contributed by atoms with E-state index in [4.69, 9.17) is 0 Å². The summed E-state index contributed by atoms with van der Waals surface area (Å²) < 4.78 is 3.34. The van der Waals surface area contributed by atoms with E-state index >= 15 is 0 Å². The third kappa shape index (κ3) is 11.8. The first kappa shape index (κ1) is 36.8. The molecular weight excluding hydrogens is 575 g/mol. The summed E-state index contributed by atoms with van der Waals surface area (Å²) in [7, 11) is -1.07. The SMILES string of the molecule is CC1=[C-]C(C)C=C1[Si](C)(C)C.Cl.Cl.[CH2-]C.[CH2]=[Zr].[c-]1cccc2c1Cc1ccccc1-2.[c-]1ccccc1. The second kappa shape index (κ2) is 19.8. The molecule has 5 rings (SSSR count). The zero-order chi connectivity index (χ0) is 25.6. The molecule has 4 heteroatoms. The summed E-state index contributed by atoms with van der Waals surface area (Å²) in [4.78, 5) is 0. The molecule has 0 bridgehead atoms. The van der Waals surface area contributed by atoms with Crippen molar-refractivity contribution in [2.75, 3.05) is 0 Å². The van der Waals surface area contributed by atoms with Gasteiger partial charge in [-0.2, -0.15) is 79.2 Å². The van der Waals surface area contributed by atoms with Crippen LogP contribution in [-0.4, -0.2) is 12.3 Å². The topological polar surface area (TPSA) is 0 Å². The van der Waals surface area contributed by atoms with E-state index in [1.807, 2.05) is 36.4 Å². The Bertz CT molecular complexity index is 983. The maximum absolute atomic E-state index is 3.43. The summed E-state index contributed by atoms with van der Waals surface area (Å²) >= 11 is 1.30. The smallest absolute Gasteiger partial charge is 0.0253 e. The van der Waals surface area contributed by atoms with E-state index in [1.54, 1.807) is 12.1 Å². The van der Waals surface area contributed by atoms with Gasteiger partial charge in [-0.1, -0.05) is 74.8 Å². The van der Waals surface area contributed by atoms with Gasteiger partial charge in [0, 0.05) is 0 Å². The van der Waals surface area contributed by atoms with Gasteiger partial charge >= 0.3 is 28.4 Å². The van der Waals surface area contributed by atoms with E-state index in [9.17, 15) is 0 Å². The summed E-state index contributed by atoms with van der Waals surface area (Å²) in [6.45, 7) is 16.6. The zero-order valence-corrected chi connectivity index (χ0v) is 27.6. The Hall–Kier alpha value is -1.31. The Kier molecular flexibility index (Phi) is 20.2. The van der Waals surface area contributed by atoms with Crippen molar-refractivity contribution >= 4 is 37.1 Å². The van der Waals surface area contributed by atoms with Crippen LogP contribution >= 0.6 is 24.8 Å². The van der Waals surface area contributed by atoms with Crippen molar-refractivity contribution in [3.63, 3.8) is 0 Å². The molecule has 0 heterocycles. The van der Waals surface area contributed by atoms with E-state index in [0.29, 0.717) is 5.92 Å². The van der Waals surface area contributed by atoms with Crippen molar-refractivity contribution in [1.29, 1.82) is 0 Å². The first-order chi connectivity index (χ1) is 16.4. The van der Waals surface area contributed by atoms with Crippen molar-refractivity contribution in [2.24, 2.45) is 5.92 Å². The van der Waals surface area contributed by atoms with Crippen LogP contribution in [0, 0.1) is 31.1 Å². The van der Waals surface area contributed by atoms with Gasteiger partial charge in [-0.15, -0.1) is 30.4 Å². The van der Waals surface area contributed by atoms with Gasteiger partial charge in [0.05, 0.1) is 0 Å². The molecule has 1 atom stereocenters. The van der Waals surface area contributed by atoms with Crippen LogP contribution in [0.3, 0.4) is 0 Å². The van der Waals surface area contributed by atoms with Crippen molar-refractivity contribution in [1.82, 2.24) is 0 Å². The third-order valence-corrected chi connectivity index (χ3v) is 7.45. The van der Waals surface area contributed by atoms with E-state index in [1.165, 1.54) is 52.1 Å². The number of hydrogen-bond acceptors (Lipinski definition) is 0. The van der Waals surface area contributed by atoms with Gasteiger partial charge < -0.3 is 6.92 Å². The molecular formula is C32H40Cl2SiZr-4. The summed E-state index contributed by atoms with van der Waals surface area (Å²) in [5.41, 5.74) is 6.91. The first-order valence-electron chi connectivity index (χ1n) is 11.7. The van der Waals surface area contributed by atoms with Gasteiger partial charge in [0.2, 0.25) is 0 Å². The summed E-state index contributed by atoms with van der Waals surface area (Å²) in [6, 6.07) is 30.6. The van der Waals surface area contributed by atoms with Gasteiger partial charge in [-0.3, -0.25) is 6.08 Å². The van der Waals surface area contributed by atoms with Crippen LogP contribution in [0.15, 0.2) is 89.6 Å². The van der Waals surface area contributed by atoms with Crippen LogP contribution in [0.1, 0.15) is 31.9 Å². The third-order valence-electron chi connectivity index (χ3n) is 5.30. The van der Waals surface area contributed by atoms with E-state index < -0.39 is 8.07 Å². The molecule has 0 amide bonds. The van der Waals surface area contributed by atoms with Gasteiger partial charge in [-0.25, -0.2) is 10.8 Å². The summed E-state index contributed by atoms with van der Waals surface area (Å²) in [5, 5.41) is 1.60. The molecule has 3 aromatic rings. The van der Waals surface area contributed by atoms with Crippen LogP contribution in [0.5, 0.6) is 0 Å². The molecule has 2 aliphatic carbocycles. The van der Waals surface area contributed by atoms with Crippen LogP contribution in [-0.2, 0) is 30.7 Å². The maximum Gasteiger partial charge on any atom is -0.0253 e. The van der Waals surface area contributed by atoms with Crippen molar-refractivity contribution < 1.29 is 24.2 Å². The fourth-order valence-electron chi connectivity index (χ4n) is 3.99. The maximum atomic E-state index is 3.43. The second-order valence-electron chi connectivity index (χ2n) is 8.86. The van der Waals surface area contributed by atoms with Crippen molar-refractivity contribution in [3.8, 4) is 11.1 Å². The molecule has 0 saturated carbocycles. The first-order valence-corrected chi connectivity index (χ1v) is 17.0. The normalized spacial score (nSPS) is 13.7. The molecule has 0 N–H and O–H groups in total. The van der Waals surface area contributed by atoms with Crippen molar-refractivity contribution in [3.05, 3.63) is 126 Å². The fourth-order valence-corrected chi connectivity index (χ4v) is 5.94. The van der Waals surface area contributed by atoms with Gasteiger partial charge in [0.1, 0.15) is 0 Å². The van der Waals surface area contributed by atoms with E-state index in [0.717, 1.165) is 6.42 Å². The predicted molar refractivity (Wildman–Crippen MR) is 164 cm³/mol. The zero-order valence-electron chi connectivity index (χ0n) is 22.5. The monoisotopic (exact) mass is 612 g/mol. The molecule has 2 aliphatic rings. The number of hydrogen-bond donors (Lipinski definition) is 0. The molecule has 0 radical (unpaired) electrons. The average Bonchev–Trinajstić information content (AvgIpc) is 3.42. The number of fused-ring (bicyclic) bond motifs is 3. The van der Waals surface area contributed by atoms with Crippen LogP contribution < -0.4 is 0 Å². The molecule has 36 heavy (non-hydrogen) atoms. The Balaban J connectivity index is 0. The molecule has 0 spiro atoms. The number of benzene rings is 3. The van der Waals surface area contributed by atoms with Gasteiger partial charge in [0.25, 0.3) is 0 Å². The Morgan fingerprint density at radius 3 is 1.89 bits per heavy atom. The summed E-state index contributed by atoms with van der Waals surface area (Å²) in [6.07, 6.45) is 6.86. The Morgan fingerprint density at radius 1 is 0.861 bits per heavy atom. The largest absolute Gasteiger partial charge is 0.184 e. The Morgan fingerprint density at radius 2 is 1.44 bits per heavy atom. The minimum absolute atomic E-state index is 0. The van der Waals surface area contributed by atoms with Gasteiger partial charge in [-0.05, 0) is 14.5 Å². The standard InChI is InChI=1S/C13H9.C10H17Si.C6H5.C2H5.CH2.2ClH.Zr/c1-3-7-12-10(5-1)9-11-6-2-4-8-13(11)12;1-8-6-9(2)10(7-8)11(3,4)5;1-2-4-6-5-3-1;1-2;;;;/h1-5,7-8H,9H2;7-8H,1-5H3;1-5H;1H2,2H3;1H2;2*1H;/q4*-1;;;;. The molecule has 3 aromatic carbocycles. The van der Waals surface area contributed by atoms with Crippen LogP contribution in [0.2, 0.25) is 19.6 Å². The number of halogens is 2. The summed E-state index contributed by atoms with van der Waals surface area (Å²) in [5.74, 6) is 0.553. The average molecular weight is 615 g/mol. The second-order valence-corrected chi connectivity index (χ2v) is 13.9. The predicted octanol–water partition coefficient (Wildman–Crippen LogP) is 9.38. The number of rotatable bonds is 1. The fraction of sp³-hybridized carbons (Fsp3) is 0.250. The van der Waals surface area contributed by atoms with Crippen LogP contribution in [0.4, 0.5) is 0 Å². The van der Waals surface area contributed by atoms with Crippen LogP contribution in [0.25, 0.3) is 11.1 Å². The van der Waals surface area contributed by atoms with Crippen molar-refractivity contribution in [2.45, 2.75) is 46.8 Å². The van der Waals surface area contributed by atoms with Gasteiger partial charge in [0.15, 0.2) is 0 Å². The molecule has 0 aliphatic heterocycles. The minimum Gasteiger partial charge on any atom is -0.184 e. The minimum atomic E-state index is -1.07. The molecule has 194 valence electrons. The van der Waals surface area contributed by atoms with E-state index in [-0.39, 0.29) is 24.8 Å². The number of allylic oxidation sites excluding steroid dienone is 4. The molecule has 0 saturated heterocycles.